The van der Waals surface area contributed by atoms with E-state index >= 15 is 0 Å². The Hall–Kier alpha value is -0.370. The number of aliphatic hydroxyl groups is 1. The van der Waals surface area contributed by atoms with Crippen LogP contribution in [0, 0.1) is 16.7 Å². The minimum absolute atomic E-state index is 0.00347. The van der Waals surface area contributed by atoms with Gasteiger partial charge in [0, 0.05) is 11.3 Å². The number of rotatable bonds is 0. The highest BCUT2D eigenvalue weighted by atomic mass is 16.3. The highest BCUT2D eigenvalue weighted by Crippen LogP contribution is 2.63. The average Bonchev–Trinajstić information content (AvgIpc) is 2.26. The van der Waals surface area contributed by atoms with Gasteiger partial charge in [-0.2, -0.15) is 0 Å². The lowest BCUT2D eigenvalue weighted by atomic mass is 9.70. The minimum Gasteiger partial charge on any atom is -0.385 e. The maximum Gasteiger partial charge on any atom is 0.165 e. The third-order valence-corrected chi connectivity index (χ3v) is 4.51. The van der Waals surface area contributed by atoms with Crippen molar-refractivity contribution in [2.24, 2.45) is 16.7 Å². The van der Waals surface area contributed by atoms with Gasteiger partial charge in [0.25, 0.3) is 0 Å². The van der Waals surface area contributed by atoms with E-state index in [2.05, 4.69) is 13.8 Å². The van der Waals surface area contributed by atoms with Gasteiger partial charge >= 0.3 is 0 Å². The highest BCUT2D eigenvalue weighted by Gasteiger charge is 2.65. The Morgan fingerprint density at radius 1 is 1.42 bits per heavy atom. The van der Waals surface area contributed by atoms with Crippen molar-refractivity contribution in [1.29, 1.82) is 0 Å². The number of carbonyl (C=O) groups is 1. The summed E-state index contributed by atoms with van der Waals surface area (Å²) in [6.07, 6.45) is 1.27. The second-order valence-corrected chi connectivity index (χ2v) is 5.04. The first kappa shape index (κ1) is 8.24. The van der Waals surface area contributed by atoms with Gasteiger partial charge in [0.15, 0.2) is 5.78 Å². The number of ketones is 1. The lowest BCUT2D eigenvalue weighted by Gasteiger charge is -2.35. The molecular weight excluding hydrogens is 152 g/mol. The molecule has 2 bridgehead atoms. The van der Waals surface area contributed by atoms with E-state index in [1.54, 1.807) is 0 Å². The first-order valence-electron chi connectivity index (χ1n) is 4.63. The maximum absolute atomic E-state index is 11.5. The van der Waals surface area contributed by atoms with Crippen LogP contribution in [0.1, 0.15) is 33.6 Å². The lowest BCUT2D eigenvalue weighted by Crippen LogP contribution is -2.37. The Balaban J connectivity index is 2.50. The third-order valence-electron chi connectivity index (χ3n) is 4.51. The second kappa shape index (κ2) is 1.92. The van der Waals surface area contributed by atoms with Crippen LogP contribution in [-0.2, 0) is 4.79 Å². The van der Waals surface area contributed by atoms with Crippen molar-refractivity contribution in [3.8, 4) is 0 Å². The summed E-state index contributed by atoms with van der Waals surface area (Å²) in [6.45, 7) is 6.26. The molecule has 2 fully saturated rings. The zero-order chi connectivity index (χ0) is 9.15. The molecule has 12 heavy (non-hydrogen) atoms. The van der Waals surface area contributed by atoms with Gasteiger partial charge in [-0.15, -0.1) is 0 Å². The number of hydrogen-bond acceptors (Lipinski definition) is 2. The van der Waals surface area contributed by atoms with E-state index in [9.17, 15) is 9.90 Å². The third kappa shape index (κ3) is 0.598. The van der Waals surface area contributed by atoms with Crippen LogP contribution in [0.25, 0.3) is 0 Å². The number of carbonyl (C=O) groups excluding carboxylic acids is 1. The molecule has 0 aromatic rings. The van der Waals surface area contributed by atoms with Crippen LogP contribution in [0.2, 0.25) is 0 Å². The van der Waals surface area contributed by atoms with E-state index in [0.29, 0.717) is 0 Å². The zero-order valence-corrected chi connectivity index (χ0v) is 7.92. The summed E-state index contributed by atoms with van der Waals surface area (Å²) in [5.74, 6) is 0.186. The molecule has 2 aliphatic carbocycles. The molecule has 0 unspecified atom stereocenters. The summed E-state index contributed by atoms with van der Waals surface area (Å²) >= 11 is 0. The van der Waals surface area contributed by atoms with Gasteiger partial charge < -0.3 is 5.11 Å². The molecule has 2 heteroatoms. The predicted octanol–water partition coefficient (Wildman–Crippen LogP) is 1.37. The normalized spacial score (nSPS) is 50.2. The van der Waals surface area contributed by atoms with Crippen LogP contribution >= 0.6 is 0 Å². The van der Waals surface area contributed by atoms with Crippen LogP contribution in [-0.4, -0.2) is 17.0 Å². The smallest absolute Gasteiger partial charge is 0.165 e. The molecule has 0 amide bonds. The Kier molecular flexibility index (Phi) is 1.32. The lowest BCUT2D eigenvalue weighted by molar-refractivity contribution is -0.132. The highest BCUT2D eigenvalue weighted by molar-refractivity contribution is 5.90. The first-order chi connectivity index (χ1) is 5.41. The molecule has 0 aromatic heterocycles. The van der Waals surface area contributed by atoms with Gasteiger partial charge in [-0.25, -0.2) is 0 Å². The first-order valence-corrected chi connectivity index (χ1v) is 4.63. The van der Waals surface area contributed by atoms with Crippen molar-refractivity contribution in [1.82, 2.24) is 0 Å². The van der Waals surface area contributed by atoms with Gasteiger partial charge in [0.05, 0.1) is 0 Å². The van der Waals surface area contributed by atoms with Crippen molar-refractivity contribution >= 4 is 5.78 Å². The molecule has 2 nitrogen and oxygen atoms in total. The van der Waals surface area contributed by atoms with Gasteiger partial charge in [0.1, 0.15) is 6.10 Å². The van der Waals surface area contributed by atoms with Crippen molar-refractivity contribution in [2.45, 2.75) is 39.7 Å². The quantitative estimate of drug-likeness (QED) is 0.593. The van der Waals surface area contributed by atoms with E-state index in [1.807, 2.05) is 6.92 Å². The number of fused-ring (bicyclic) bond motifs is 2. The molecular formula is C10H16O2. The summed E-state index contributed by atoms with van der Waals surface area (Å²) < 4.78 is 0. The van der Waals surface area contributed by atoms with E-state index in [4.69, 9.17) is 0 Å². The molecule has 0 heterocycles. The monoisotopic (exact) mass is 168 g/mol. The average molecular weight is 168 g/mol. The number of aliphatic hydroxyl groups excluding tert-OH is 1. The van der Waals surface area contributed by atoms with Crippen LogP contribution in [0.5, 0.6) is 0 Å². The number of Topliss-reactive ketones (excluding diaryl/α,β-unsaturated/α-hetero) is 1. The van der Waals surface area contributed by atoms with Gasteiger partial charge in [-0.3, -0.25) is 4.79 Å². The molecule has 0 saturated heterocycles. The van der Waals surface area contributed by atoms with E-state index in [1.165, 1.54) is 0 Å². The van der Waals surface area contributed by atoms with Crippen LogP contribution in [0.15, 0.2) is 0 Å². The van der Waals surface area contributed by atoms with Crippen LogP contribution in [0.3, 0.4) is 0 Å². The molecule has 2 aliphatic rings. The predicted molar refractivity (Wildman–Crippen MR) is 45.6 cm³/mol. The Morgan fingerprint density at radius 2 is 2.00 bits per heavy atom. The van der Waals surface area contributed by atoms with Crippen molar-refractivity contribution in [3.63, 3.8) is 0 Å². The van der Waals surface area contributed by atoms with Crippen LogP contribution in [0.4, 0.5) is 0 Å². The van der Waals surface area contributed by atoms with E-state index in [-0.39, 0.29) is 22.5 Å². The summed E-state index contributed by atoms with van der Waals surface area (Å²) in [7, 11) is 0. The fourth-order valence-corrected chi connectivity index (χ4v) is 3.02. The Morgan fingerprint density at radius 3 is 2.25 bits per heavy atom. The SMILES string of the molecule is CC1(C)[C@@H]2CC[C@@]1(C)[C@@H](O)C2=O. The molecule has 3 atom stereocenters. The summed E-state index contributed by atoms with van der Waals surface area (Å²) in [5, 5.41) is 9.73. The van der Waals surface area contributed by atoms with Crippen molar-refractivity contribution in [2.75, 3.05) is 0 Å². The van der Waals surface area contributed by atoms with Gasteiger partial charge in [-0.1, -0.05) is 20.8 Å². The molecule has 2 rings (SSSR count). The fourth-order valence-electron chi connectivity index (χ4n) is 3.02. The summed E-state index contributed by atoms with van der Waals surface area (Å²) in [4.78, 5) is 11.5. The Bertz CT molecular complexity index is 244. The molecule has 0 spiro atoms. The van der Waals surface area contributed by atoms with Crippen LogP contribution < -0.4 is 0 Å². The molecule has 2 saturated carbocycles. The zero-order valence-electron chi connectivity index (χ0n) is 7.92. The van der Waals surface area contributed by atoms with Crippen molar-refractivity contribution < 1.29 is 9.90 Å². The molecule has 68 valence electrons. The summed E-state index contributed by atoms with van der Waals surface area (Å²) in [5.41, 5.74) is -0.155. The fraction of sp³-hybridized carbons (Fsp3) is 0.900. The topological polar surface area (TPSA) is 37.3 Å². The molecule has 0 aromatic carbocycles. The minimum atomic E-state index is -0.703. The van der Waals surface area contributed by atoms with Gasteiger partial charge in [0.2, 0.25) is 0 Å². The van der Waals surface area contributed by atoms with E-state index < -0.39 is 6.10 Å². The van der Waals surface area contributed by atoms with Crippen molar-refractivity contribution in [3.05, 3.63) is 0 Å². The van der Waals surface area contributed by atoms with Gasteiger partial charge in [-0.05, 0) is 18.3 Å². The molecule has 1 N–H and O–H groups in total. The molecule has 0 radical (unpaired) electrons. The largest absolute Gasteiger partial charge is 0.385 e. The maximum atomic E-state index is 11.5. The number of hydrogen-bond donors (Lipinski definition) is 1. The Labute approximate surface area is 73.0 Å². The summed E-state index contributed by atoms with van der Waals surface area (Å²) in [6, 6.07) is 0. The molecule has 0 aliphatic heterocycles. The standard InChI is InChI=1S/C10H16O2/c1-9(2)6-4-5-10(9,3)8(12)7(6)11/h6,8,12H,4-5H2,1-3H3/t6-,8+,10+/m1/s1. The van der Waals surface area contributed by atoms with E-state index in [0.717, 1.165) is 12.8 Å². The second-order valence-electron chi connectivity index (χ2n) is 5.04.